The van der Waals surface area contributed by atoms with Gasteiger partial charge in [0.1, 0.15) is 10.8 Å². The van der Waals surface area contributed by atoms with E-state index < -0.39 is 11.9 Å². The van der Waals surface area contributed by atoms with Crippen LogP contribution in [0.25, 0.3) is 0 Å². The molecule has 2 rings (SSSR count). The molecule has 0 saturated heterocycles. The maximum absolute atomic E-state index is 12.1. The van der Waals surface area contributed by atoms with Crippen LogP contribution in [0.1, 0.15) is 37.1 Å². The molecule has 0 fully saturated rings. The molecule has 0 unspecified atom stereocenters. The standard InChI is InChI=1S/C14H15NO4S2/c1-7-8(2)21-13(11(7)14(17)18)15-12(16)10-5-4-9(19-10)6-20-3/h4-5H,6H2,1-3H3,(H,15,16)(H,17,18). The van der Waals surface area contributed by atoms with Gasteiger partial charge in [-0.2, -0.15) is 11.8 Å². The van der Waals surface area contributed by atoms with Crippen molar-refractivity contribution in [3.63, 3.8) is 0 Å². The SMILES string of the molecule is CSCc1ccc(C(=O)Nc2sc(C)c(C)c2C(=O)O)o1. The predicted octanol–water partition coefficient (Wildman–Crippen LogP) is 3.77. The van der Waals surface area contributed by atoms with E-state index in [0.29, 0.717) is 22.1 Å². The second-order valence-electron chi connectivity index (χ2n) is 4.45. The first kappa shape index (κ1) is 15.7. The van der Waals surface area contributed by atoms with Gasteiger partial charge in [0.15, 0.2) is 5.76 Å². The minimum atomic E-state index is -1.05. The van der Waals surface area contributed by atoms with Crippen LogP contribution in [0.5, 0.6) is 0 Å². The quantitative estimate of drug-likeness (QED) is 0.874. The predicted molar refractivity (Wildman–Crippen MR) is 84.6 cm³/mol. The van der Waals surface area contributed by atoms with Crippen LogP contribution in [0.4, 0.5) is 5.00 Å². The second-order valence-corrected chi connectivity index (χ2v) is 6.54. The molecular weight excluding hydrogens is 310 g/mol. The van der Waals surface area contributed by atoms with Crippen molar-refractivity contribution in [2.45, 2.75) is 19.6 Å². The van der Waals surface area contributed by atoms with E-state index in [4.69, 9.17) is 4.42 Å². The number of aryl methyl sites for hydroxylation is 1. The highest BCUT2D eigenvalue weighted by molar-refractivity contribution is 7.97. The number of carboxylic acid groups (broad SMARTS) is 1. The van der Waals surface area contributed by atoms with Crippen molar-refractivity contribution in [3.8, 4) is 0 Å². The van der Waals surface area contributed by atoms with E-state index in [0.717, 1.165) is 4.88 Å². The highest BCUT2D eigenvalue weighted by atomic mass is 32.2. The van der Waals surface area contributed by atoms with Crippen molar-refractivity contribution >= 4 is 40.0 Å². The molecule has 0 aliphatic heterocycles. The van der Waals surface area contributed by atoms with Gasteiger partial charge < -0.3 is 14.8 Å². The van der Waals surface area contributed by atoms with E-state index in [-0.39, 0.29) is 11.3 Å². The largest absolute Gasteiger partial charge is 0.478 e. The average molecular weight is 325 g/mol. The molecule has 0 atom stereocenters. The Balaban J connectivity index is 2.23. The molecule has 2 heterocycles. The Morgan fingerprint density at radius 1 is 1.38 bits per heavy atom. The Bertz CT molecular complexity index is 687. The monoisotopic (exact) mass is 325 g/mol. The summed E-state index contributed by atoms with van der Waals surface area (Å²) in [5.41, 5.74) is 0.812. The Kier molecular flexibility index (Phi) is 4.74. The van der Waals surface area contributed by atoms with Crippen molar-refractivity contribution in [2.75, 3.05) is 11.6 Å². The molecule has 21 heavy (non-hydrogen) atoms. The number of amides is 1. The zero-order chi connectivity index (χ0) is 15.6. The highest BCUT2D eigenvalue weighted by Gasteiger charge is 2.21. The lowest BCUT2D eigenvalue weighted by Crippen LogP contribution is -2.12. The van der Waals surface area contributed by atoms with Crippen LogP contribution in [0.15, 0.2) is 16.5 Å². The Labute approximate surface area is 130 Å². The molecular formula is C14H15NO4S2. The molecule has 0 spiro atoms. The highest BCUT2D eigenvalue weighted by Crippen LogP contribution is 2.32. The van der Waals surface area contributed by atoms with Gasteiger partial charge in [-0.15, -0.1) is 11.3 Å². The lowest BCUT2D eigenvalue weighted by Gasteiger charge is -2.02. The fraction of sp³-hybridized carbons (Fsp3) is 0.286. The minimum absolute atomic E-state index is 0.141. The summed E-state index contributed by atoms with van der Waals surface area (Å²) in [6.07, 6.45) is 1.94. The molecule has 2 N–H and O–H groups in total. The Morgan fingerprint density at radius 2 is 2.10 bits per heavy atom. The third-order valence-corrected chi connectivity index (χ3v) is 4.69. The van der Waals surface area contributed by atoms with Gasteiger partial charge >= 0.3 is 5.97 Å². The molecule has 0 radical (unpaired) electrons. The van der Waals surface area contributed by atoms with Crippen molar-refractivity contribution in [1.82, 2.24) is 0 Å². The Morgan fingerprint density at radius 3 is 2.71 bits per heavy atom. The number of rotatable bonds is 5. The second kappa shape index (κ2) is 6.36. The first-order chi connectivity index (χ1) is 9.93. The van der Waals surface area contributed by atoms with Crippen molar-refractivity contribution < 1.29 is 19.1 Å². The third kappa shape index (κ3) is 3.30. The summed E-state index contributed by atoms with van der Waals surface area (Å²) in [5, 5.41) is 12.2. The van der Waals surface area contributed by atoms with Crippen LogP contribution < -0.4 is 5.32 Å². The summed E-state index contributed by atoms with van der Waals surface area (Å²) < 4.78 is 5.42. The number of nitrogens with one attached hydrogen (secondary N) is 1. The molecule has 2 aromatic rings. The van der Waals surface area contributed by atoms with Gasteiger partial charge in [-0.1, -0.05) is 0 Å². The van der Waals surface area contributed by atoms with Crippen LogP contribution in [0.3, 0.4) is 0 Å². The number of thioether (sulfide) groups is 1. The van der Waals surface area contributed by atoms with Crippen LogP contribution in [0.2, 0.25) is 0 Å². The number of carbonyl (C=O) groups is 2. The number of hydrogen-bond acceptors (Lipinski definition) is 5. The summed E-state index contributed by atoms with van der Waals surface area (Å²) in [5.74, 6) is 0.0923. The summed E-state index contributed by atoms with van der Waals surface area (Å²) in [4.78, 5) is 24.3. The van der Waals surface area contributed by atoms with Crippen LogP contribution in [0, 0.1) is 13.8 Å². The molecule has 5 nitrogen and oxygen atoms in total. The topological polar surface area (TPSA) is 79.5 Å². The van der Waals surface area contributed by atoms with Crippen LogP contribution >= 0.6 is 23.1 Å². The van der Waals surface area contributed by atoms with Gasteiger partial charge in [-0.25, -0.2) is 4.79 Å². The fourth-order valence-corrected chi connectivity index (χ4v) is 3.34. The lowest BCUT2D eigenvalue weighted by molar-refractivity contribution is 0.0697. The normalized spacial score (nSPS) is 10.6. The van der Waals surface area contributed by atoms with E-state index in [2.05, 4.69) is 5.32 Å². The van der Waals surface area contributed by atoms with Crippen LogP contribution in [-0.4, -0.2) is 23.2 Å². The van der Waals surface area contributed by atoms with Crippen molar-refractivity contribution in [2.24, 2.45) is 0 Å². The van der Waals surface area contributed by atoms with Gasteiger partial charge in [-0.3, -0.25) is 4.79 Å². The first-order valence-corrected chi connectivity index (χ1v) is 8.37. The number of carbonyl (C=O) groups excluding carboxylic acids is 1. The van der Waals surface area contributed by atoms with E-state index in [1.807, 2.05) is 13.2 Å². The maximum atomic E-state index is 12.1. The summed E-state index contributed by atoms with van der Waals surface area (Å²) >= 11 is 2.85. The molecule has 0 aliphatic rings. The van der Waals surface area contributed by atoms with Gasteiger partial charge in [0.25, 0.3) is 5.91 Å². The molecule has 7 heteroatoms. The van der Waals surface area contributed by atoms with E-state index >= 15 is 0 Å². The molecule has 112 valence electrons. The summed E-state index contributed by atoms with van der Waals surface area (Å²) in [6.45, 7) is 3.56. The smallest absolute Gasteiger partial charge is 0.338 e. The fourth-order valence-electron chi connectivity index (χ4n) is 1.86. The lowest BCUT2D eigenvalue weighted by atomic mass is 10.1. The molecule has 0 bridgehead atoms. The number of hydrogen-bond donors (Lipinski definition) is 2. The molecule has 1 amide bonds. The van der Waals surface area contributed by atoms with E-state index in [1.54, 1.807) is 30.8 Å². The number of carboxylic acids is 1. The van der Waals surface area contributed by atoms with Crippen molar-refractivity contribution in [1.29, 1.82) is 0 Å². The number of anilines is 1. The van der Waals surface area contributed by atoms with Gasteiger partial charge in [-0.05, 0) is 37.8 Å². The summed E-state index contributed by atoms with van der Waals surface area (Å²) in [6, 6.07) is 3.34. The zero-order valence-corrected chi connectivity index (χ0v) is 13.5. The first-order valence-electron chi connectivity index (χ1n) is 6.16. The number of furan rings is 1. The number of aromatic carboxylic acids is 1. The van der Waals surface area contributed by atoms with Crippen molar-refractivity contribution in [3.05, 3.63) is 39.7 Å². The van der Waals surface area contributed by atoms with Gasteiger partial charge in [0.05, 0.1) is 11.3 Å². The van der Waals surface area contributed by atoms with E-state index in [9.17, 15) is 14.7 Å². The van der Waals surface area contributed by atoms with E-state index in [1.165, 1.54) is 11.3 Å². The summed E-state index contributed by atoms with van der Waals surface area (Å²) in [7, 11) is 0. The molecule has 2 aromatic heterocycles. The molecule has 0 aliphatic carbocycles. The zero-order valence-electron chi connectivity index (χ0n) is 11.9. The Hall–Kier alpha value is -1.73. The number of thiophene rings is 1. The van der Waals surface area contributed by atoms with Gasteiger partial charge in [0, 0.05) is 4.88 Å². The molecule has 0 saturated carbocycles. The maximum Gasteiger partial charge on any atom is 0.338 e. The third-order valence-electron chi connectivity index (χ3n) is 3.00. The van der Waals surface area contributed by atoms with Crippen LogP contribution in [-0.2, 0) is 5.75 Å². The van der Waals surface area contributed by atoms with Gasteiger partial charge in [0.2, 0.25) is 0 Å². The average Bonchev–Trinajstić information content (AvgIpc) is 2.96. The minimum Gasteiger partial charge on any atom is -0.478 e. The molecule has 0 aromatic carbocycles.